The zero-order valence-electron chi connectivity index (χ0n) is 11.3. The second-order valence-electron chi connectivity index (χ2n) is 5.14. The molecule has 3 rings (SSSR count). The SMILES string of the molecule is CCNC(COc1cccc2cccnc12)C1CC1. The van der Waals surface area contributed by atoms with Crippen molar-refractivity contribution in [3.05, 3.63) is 36.5 Å². The van der Waals surface area contributed by atoms with Gasteiger partial charge in [0.2, 0.25) is 0 Å². The van der Waals surface area contributed by atoms with Crippen LogP contribution in [0.15, 0.2) is 36.5 Å². The molecule has 1 aliphatic rings. The maximum absolute atomic E-state index is 6.01. The van der Waals surface area contributed by atoms with Crippen molar-refractivity contribution in [1.29, 1.82) is 0 Å². The molecular formula is C16H20N2O. The van der Waals surface area contributed by atoms with Gasteiger partial charge in [-0.2, -0.15) is 0 Å². The number of aromatic nitrogens is 1. The van der Waals surface area contributed by atoms with Crippen LogP contribution >= 0.6 is 0 Å². The van der Waals surface area contributed by atoms with E-state index in [1.54, 1.807) is 0 Å². The average molecular weight is 256 g/mol. The van der Waals surface area contributed by atoms with Crippen molar-refractivity contribution < 1.29 is 4.74 Å². The van der Waals surface area contributed by atoms with E-state index in [1.165, 1.54) is 12.8 Å². The Balaban J connectivity index is 1.74. The summed E-state index contributed by atoms with van der Waals surface area (Å²) in [6.07, 6.45) is 4.47. The van der Waals surface area contributed by atoms with Crippen molar-refractivity contribution in [2.45, 2.75) is 25.8 Å². The monoisotopic (exact) mass is 256 g/mol. The third-order valence-corrected chi connectivity index (χ3v) is 3.67. The Kier molecular flexibility index (Phi) is 3.65. The van der Waals surface area contributed by atoms with E-state index >= 15 is 0 Å². The predicted molar refractivity (Wildman–Crippen MR) is 77.4 cm³/mol. The number of likely N-dealkylation sites (N-methyl/N-ethyl adjacent to an activating group) is 1. The number of pyridine rings is 1. The smallest absolute Gasteiger partial charge is 0.145 e. The number of ether oxygens (including phenoxy) is 1. The number of hydrogen-bond acceptors (Lipinski definition) is 3. The molecule has 3 nitrogen and oxygen atoms in total. The summed E-state index contributed by atoms with van der Waals surface area (Å²) < 4.78 is 6.01. The minimum Gasteiger partial charge on any atom is -0.490 e. The lowest BCUT2D eigenvalue weighted by Crippen LogP contribution is -2.36. The Morgan fingerprint density at radius 2 is 2.16 bits per heavy atom. The lowest BCUT2D eigenvalue weighted by molar-refractivity contribution is 0.253. The van der Waals surface area contributed by atoms with E-state index in [2.05, 4.69) is 29.4 Å². The lowest BCUT2D eigenvalue weighted by Gasteiger charge is -2.18. The van der Waals surface area contributed by atoms with Crippen LogP contribution in [0.4, 0.5) is 0 Å². The molecule has 2 aromatic rings. The molecule has 0 radical (unpaired) electrons. The summed E-state index contributed by atoms with van der Waals surface area (Å²) in [4.78, 5) is 4.42. The van der Waals surface area contributed by atoms with Gasteiger partial charge in [-0.05, 0) is 37.4 Å². The molecule has 3 heteroatoms. The molecule has 19 heavy (non-hydrogen) atoms. The molecule has 0 aliphatic heterocycles. The quantitative estimate of drug-likeness (QED) is 0.862. The van der Waals surface area contributed by atoms with E-state index < -0.39 is 0 Å². The molecule has 0 spiro atoms. The molecule has 1 heterocycles. The van der Waals surface area contributed by atoms with E-state index in [0.717, 1.165) is 35.7 Å². The van der Waals surface area contributed by atoms with Gasteiger partial charge in [0, 0.05) is 17.6 Å². The van der Waals surface area contributed by atoms with Crippen molar-refractivity contribution in [2.24, 2.45) is 5.92 Å². The largest absolute Gasteiger partial charge is 0.490 e. The highest BCUT2D eigenvalue weighted by Gasteiger charge is 2.31. The molecule has 0 saturated heterocycles. The van der Waals surface area contributed by atoms with E-state index in [1.807, 2.05) is 24.4 Å². The van der Waals surface area contributed by atoms with Gasteiger partial charge in [-0.15, -0.1) is 0 Å². The van der Waals surface area contributed by atoms with Crippen LogP contribution in [0.2, 0.25) is 0 Å². The Morgan fingerprint density at radius 1 is 1.32 bits per heavy atom. The molecule has 0 bridgehead atoms. The zero-order valence-corrected chi connectivity index (χ0v) is 11.3. The first kappa shape index (κ1) is 12.4. The summed E-state index contributed by atoms with van der Waals surface area (Å²) in [6, 6.07) is 10.6. The van der Waals surface area contributed by atoms with E-state index in [4.69, 9.17) is 4.74 Å². The predicted octanol–water partition coefficient (Wildman–Crippen LogP) is 3.00. The van der Waals surface area contributed by atoms with Crippen LogP contribution in [0.1, 0.15) is 19.8 Å². The van der Waals surface area contributed by atoms with Crippen LogP contribution in [-0.2, 0) is 0 Å². The standard InChI is InChI=1S/C16H20N2O/c1-2-17-14(12-8-9-12)11-19-15-7-3-5-13-6-4-10-18-16(13)15/h3-7,10,12,14,17H,2,8-9,11H2,1H3. The van der Waals surface area contributed by atoms with Crippen molar-refractivity contribution in [2.75, 3.05) is 13.2 Å². The van der Waals surface area contributed by atoms with Gasteiger partial charge in [0.1, 0.15) is 17.9 Å². The molecule has 1 unspecified atom stereocenters. The maximum atomic E-state index is 6.01. The van der Waals surface area contributed by atoms with Gasteiger partial charge >= 0.3 is 0 Å². The van der Waals surface area contributed by atoms with Gasteiger partial charge in [-0.1, -0.05) is 25.1 Å². The van der Waals surface area contributed by atoms with Crippen LogP contribution in [0, 0.1) is 5.92 Å². The highest BCUT2D eigenvalue weighted by Crippen LogP contribution is 2.33. The van der Waals surface area contributed by atoms with Gasteiger partial charge in [-0.25, -0.2) is 0 Å². The number of nitrogens with one attached hydrogen (secondary N) is 1. The van der Waals surface area contributed by atoms with E-state index in [-0.39, 0.29) is 0 Å². The Hall–Kier alpha value is -1.61. The zero-order chi connectivity index (χ0) is 13.1. The van der Waals surface area contributed by atoms with Crippen LogP contribution in [0.25, 0.3) is 10.9 Å². The highest BCUT2D eigenvalue weighted by atomic mass is 16.5. The molecule has 1 N–H and O–H groups in total. The third kappa shape index (κ3) is 2.87. The third-order valence-electron chi connectivity index (χ3n) is 3.67. The molecule has 1 saturated carbocycles. The van der Waals surface area contributed by atoms with Crippen molar-refractivity contribution >= 4 is 10.9 Å². The number of hydrogen-bond donors (Lipinski definition) is 1. The summed E-state index contributed by atoms with van der Waals surface area (Å²) in [5.41, 5.74) is 0.955. The van der Waals surface area contributed by atoms with Gasteiger partial charge < -0.3 is 10.1 Å². The molecule has 1 atom stereocenters. The Morgan fingerprint density at radius 3 is 2.95 bits per heavy atom. The summed E-state index contributed by atoms with van der Waals surface area (Å²) in [6.45, 7) is 3.88. The fourth-order valence-corrected chi connectivity index (χ4v) is 2.49. The number of benzene rings is 1. The molecule has 1 aromatic carbocycles. The minimum absolute atomic E-state index is 0.476. The van der Waals surface area contributed by atoms with Gasteiger partial charge in [0.05, 0.1) is 0 Å². The fourth-order valence-electron chi connectivity index (χ4n) is 2.49. The van der Waals surface area contributed by atoms with Crippen LogP contribution < -0.4 is 10.1 Å². The summed E-state index contributed by atoms with van der Waals surface area (Å²) in [5, 5.41) is 4.65. The summed E-state index contributed by atoms with van der Waals surface area (Å²) >= 11 is 0. The van der Waals surface area contributed by atoms with Crippen LogP contribution in [-0.4, -0.2) is 24.2 Å². The highest BCUT2D eigenvalue weighted by molar-refractivity contribution is 5.84. The fraction of sp³-hybridized carbons (Fsp3) is 0.438. The van der Waals surface area contributed by atoms with Gasteiger partial charge in [-0.3, -0.25) is 4.98 Å². The topological polar surface area (TPSA) is 34.1 Å². The number of nitrogens with zero attached hydrogens (tertiary/aromatic N) is 1. The van der Waals surface area contributed by atoms with Gasteiger partial charge in [0.25, 0.3) is 0 Å². The molecule has 1 fully saturated rings. The van der Waals surface area contributed by atoms with Gasteiger partial charge in [0.15, 0.2) is 0 Å². The maximum Gasteiger partial charge on any atom is 0.145 e. The van der Waals surface area contributed by atoms with Crippen molar-refractivity contribution in [1.82, 2.24) is 10.3 Å². The number of para-hydroxylation sites is 1. The van der Waals surface area contributed by atoms with Crippen molar-refractivity contribution in [3.63, 3.8) is 0 Å². The first-order chi connectivity index (χ1) is 9.38. The lowest BCUT2D eigenvalue weighted by atomic mass is 10.2. The summed E-state index contributed by atoms with van der Waals surface area (Å²) in [5.74, 6) is 1.68. The normalized spacial score (nSPS) is 16.5. The van der Waals surface area contributed by atoms with Crippen molar-refractivity contribution in [3.8, 4) is 5.75 Å². The molecule has 1 aromatic heterocycles. The van der Waals surface area contributed by atoms with Crippen LogP contribution in [0.3, 0.4) is 0 Å². The molecule has 1 aliphatic carbocycles. The Bertz CT molecular complexity index is 546. The van der Waals surface area contributed by atoms with Crippen LogP contribution in [0.5, 0.6) is 5.75 Å². The first-order valence-electron chi connectivity index (χ1n) is 7.08. The second-order valence-corrected chi connectivity index (χ2v) is 5.14. The Labute approximate surface area is 114 Å². The first-order valence-corrected chi connectivity index (χ1v) is 7.08. The van der Waals surface area contributed by atoms with E-state index in [9.17, 15) is 0 Å². The summed E-state index contributed by atoms with van der Waals surface area (Å²) in [7, 11) is 0. The molecular weight excluding hydrogens is 236 g/mol. The number of fused-ring (bicyclic) bond motifs is 1. The minimum atomic E-state index is 0.476. The van der Waals surface area contributed by atoms with E-state index in [0.29, 0.717) is 6.04 Å². The second kappa shape index (κ2) is 5.57. The number of rotatable bonds is 6. The molecule has 0 amide bonds. The molecule has 100 valence electrons. The average Bonchev–Trinajstić information content (AvgIpc) is 3.28.